The molecule has 1 aromatic carbocycles. The highest BCUT2D eigenvalue weighted by molar-refractivity contribution is 6.31. The second kappa shape index (κ2) is 6.60. The molecule has 0 aliphatic rings. The van der Waals surface area contributed by atoms with E-state index in [0.29, 0.717) is 5.02 Å². The van der Waals surface area contributed by atoms with Gasteiger partial charge in [-0.25, -0.2) is 0 Å². The van der Waals surface area contributed by atoms with Gasteiger partial charge in [0.05, 0.1) is 29.5 Å². The van der Waals surface area contributed by atoms with Crippen molar-refractivity contribution in [2.45, 2.75) is 26.4 Å². The third-order valence-electron chi connectivity index (χ3n) is 3.49. The largest absolute Gasteiger partial charge is 0.319 e. The van der Waals surface area contributed by atoms with Crippen LogP contribution < -0.4 is 5.73 Å². The Bertz CT molecular complexity index is 598. The van der Waals surface area contributed by atoms with Crippen LogP contribution in [0.2, 0.25) is 5.02 Å². The van der Waals surface area contributed by atoms with E-state index in [1.54, 1.807) is 6.20 Å². The summed E-state index contributed by atoms with van der Waals surface area (Å²) in [5.74, 6) is 0. The van der Waals surface area contributed by atoms with E-state index in [4.69, 9.17) is 17.3 Å². The van der Waals surface area contributed by atoms with Crippen molar-refractivity contribution in [3.8, 4) is 0 Å². The molecule has 5 heteroatoms. The predicted molar refractivity (Wildman–Crippen MR) is 87.7 cm³/mol. The van der Waals surface area contributed by atoms with Gasteiger partial charge in [-0.2, -0.15) is 5.10 Å². The Kier molecular flexibility index (Phi) is 5.04. The lowest BCUT2D eigenvalue weighted by Gasteiger charge is -2.18. The van der Waals surface area contributed by atoms with Crippen LogP contribution in [0.1, 0.15) is 28.4 Å². The summed E-state index contributed by atoms with van der Waals surface area (Å²) in [4.78, 5) is 2.11. The highest BCUT2D eigenvalue weighted by atomic mass is 35.5. The van der Waals surface area contributed by atoms with Gasteiger partial charge >= 0.3 is 0 Å². The monoisotopic (exact) mass is 306 g/mol. The SMILES string of the molecule is Cc1cc(C)cc(C(N)c2c(Cl)cnn2CCN(C)C)c1. The maximum absolute atomic E-state index is 6.45. The molecule has 4 nitrogen and oxygen atoms in total. The van der Waals surface area contributed by atoms with E-state index in [0.717, 1.165) is 24.3 Å². The first kappa shape index (κ1) is 16.0. The molecule has 0 bridgehead atoms. The predicted octanol–water partition coefficient (Wildman–Crippen LogP) is 2.76. The third-order valence-corrected chi connectivity index (χ3v) is 3.78. The number of nitrogens with zero attached hydrogens (tertiary/aromatic N) is 3. The van der Waals surface area contributed by atoms with Crippen molar-refractivity contribution in [1.29, 1.82) is 0 Å². The van der Waals surface area contributed by atoms with Crippen molar-refractivity contribution < 1.29 is 0 Å². The number of hydrogen-bond donors (Lipinski definition) is 1. The summed E-state index contributed by atoms with van der Waals surface area (Å²) in [5, 5.41) is 4.98. The van der Waals surface area contributed by atoms with Crippen LogP contribution in [0, 0.1) is 13.8 Å². The second-order valence-electron chi connectivity index (χ2n) is 5.80. The molecule has 0 aliphatic carbocycles. The zero-order chi connectivity index (χ0) is 15.6. The number of hydrogen-bond acceptors (Lipinski definition) is 3. The lowest BCUT2D eigenvalue weighted by atomic mass is 10.00. The van der Waals surface area contributed by atoms with Crippen LogP contribution in [0.4, 0.5) is 0 Å². The van der Waals surface area contributed by atoms with Gasteiger partial charge in [0.2, 0.25) is 0 Å². The third kappa shape index (κ3) is 3.84. The van der Waals surface area contributed by atoms with Crippen molar-refractivity contribution in [2.75, 3.05) is 20.6 Å². The first-order valence-electron chi connectivity index (χ1n) is 7.08. The van der Waals surface area contributed by atoms with Gasteiger partial charge in [-0.1, -0.05) is 40.9 Å². The number of benzene rings is 1. The van der Waals surface area contributed by atoms with Crippen molar-refractivity contribution in [1.82, 2.24) is 14.7 Å². The molecule has 2 rings (SSSR count). The average Bonchev–Trinajstić information content (AvgIpc) is 2.75. The lowest BCUT2D eigenvalue weighted by molar-refractivity contribution is 0.368. The van der Waals surface area contributed by atoms with E-state index < -0.39 is 0 Å². The Morgan fingerprint density at radius 2 is 1.86 bits per heavy atom. The van der Waals surface area contributed by atoms with E-state index in [1.807, 2.05) is 18.8 Å². The van der Waals surface area contributed by atoms with Gasteiger partial charge < -0.3 is 10.6 Å². The molecule has 114 valence electrons. The smallest absolute Gasteiger partial charge is 0.0837 e. The molecule has 0 radical (unpaired) electrons. The van der Waals surface area contributed by atoms with Crippen molar-refractivity contribution >= 4 is 11.6 Å². The molecular formula is C16H23ClN4. The van der Waals surface area contributed by atoms with Crippen LogP contribution >= 0.6 is 11.6 Å². The van der Waals surface area contributed by atoms with E-state index in [-0.39, 0.29) is 6.04 Å². The van der Waals surface area contributed by atoms with Gasteiger partial charge in [0, 0.05) is 6.54 Å². The molecule has 1 unspecified atom stereocenters. The molecule has 1 heterocycles. The highest BCUT2D eigenvalue weighted by Crippen LogP contribution is 2.27. The molecule has 1 aromatic heterocycles. The minimum absolute atomic E-state index is 0.263. The first-order valence-corrected chi connectivity index (χ1v) is 7.46. The summed E-state index contributed by atoms with van der Waals surface area (Å²) >= 11 is 6.31. The fourth-order valence-corrected chi connectivity index (χ4v) is 2.76. The molecule has 1 atom stereocenters. The van der Waals surface area contributed by atoms with Crippen LogP contribution in [0.5, 0.6) is 0 Å². The van der Waals surface area contributed by atoms with E-state index >= 15 is 0 Å². The molecule has 0 amide bonds. The van der Waals surface area contributed by atoms with Crippen molar-refractivity contribution in [2.24, 2.45) is 5.73 Å². The molecule has 0 aliphatic heterocycles. The van der Waals surface area contributed by atoms with Crippen molar-refractivity contribution in [3.63, 3.8) is 0 Å². The Hall–Kier alpha value is -1.36. The zero-order valence-corrected chi connectivity index (χ0v) is 13.9. The second-order valence-corrected chi connectivity index (χ2v) is 6.21. The van der Waals surface area contributed by atoms with Crippen LogP contribution in [-0.2, 0) is 6.54 Å². The molecule has 2 N–H and O–H groups in total. The van der Waals surface area contributed by atoms with Gasteiger partial charge in [0.15, 0.2) is 0 Å². The number of nitrogens with two attached hydrogens (primary N) is 1. The quantitative estimate of drug-likeness (QED) is 0.924. The van der Waals surface area contributed by atoms with E-state index in [9.17, 15) is 0 Å². The van der Waals surface area contributed by atoms with Gasteiger partial charge in [0.1, 0.15) is 0 Å². The Morgan fingerprint density at radius 1 is 1.24 bits per heavy atom. The molecular weight excluding hydrogens is 284 g/mol. The van der Waals surface area contributed by atoms with Gasteiger partial charge in [-0.15, -0.1) is 0 Å². The molecule has 21 heavy (non-hydrogen) atoms. The Morgan fingerprint density at radius 3 is 2.43 bits per heavy atom. The molecule has 0 saturated heterocycles. The normalized spacial score (nSPS) is 12.9. The summed E-state index contributed by atoms with van der Waals surface area (Å²) in [7, 11) is 4.07. The van der Waals surface area contributed by atoms with Crippen LogP contribution in [0.3, 0.4) is 0 Å². The summed E-state index contributed by atoms with van der Waals surface area (Å²) < 4.78 is 1.91. The first-order chi connectivity index (χ1) is 9.88. The highest BCUT2D eigenvalue weighted by Gasteiger charge is 2.19. The number of rotatable bonds is 5. The topological polar surface area (TPSA) is 47.1 Å². The molecule has 2 aromatic rings. The van der Waals surface area contributed by atoms with Crippen LogP contribution in [0.15, 0.2) is 24.4 Å². The van der Waals surface area contributed by atoms with E-state index in [2.05, 4.69) is 42.0 Å². The Balaban J connectivity index is 2.33. The average molecular weight is 307 g/mol. The maximum atomic E-state index is 6.45. The summed E-state index contributed by atoms with van der Waals surface area (Å²) in [5.41, 5.74) is 10.8. The van der Waals surface area contributed by atoms with Crippen LogP contribution in [0.25, 0.3) is 0 Å². The van der Waals surface area contributed by atoms with Crippen LogP contribution in [-0.4, -0.2) is 35.3 Å². The standard InChI is InChI=1S/C16H23ClN4/c1-11-7-12(2)9-13(8-11)15(18)16-14(17)10-19-21(16)6-5-20(3)4/h7-10,15H,5-6,18H2,1-4H3. The number of aryl methyl sites for hydroxylation is 2. The summed E-state index contributed by atoms with van der Waals surface area (Å²) in [6.45, 7) is 5.82. The van der Waals surface area contributed by atoms with E-state index in [1.165, 1.54) is 11.1 Å². The lowest BCUT2D eigenvalue weighted by Crippen LogP contribution is -2.23. The van der Waals surface area contributed by atoms with Gasteiger partial charge in [-0.3, -0.25) is 4.68 Å². The minimum atomic E-state index is -0.263. The summed E-state index contributed by atoms with van der Waals surface area (Å²) in [6.07, 6.45) is 1.68. The fraction of sp³-hybridized carbons (Fsp3) is 0.438. The maximum Gasteiger partial charge on any atom is 0.0837 e. The summed E-state index contributed by atoms with van der Waals surface area (Å²) in [6, 6.07) is 6.09. The minimum Gasteiger partial charge on any atom is -0.319 e. The van der Waals surface area contributed by atoms with Gasteiger partial charge in [-0.05, 0) is 33.5 Å². The number of likely N-dealkylation sites (N-methyl/N-ethyl adjacent to an activating group) is 1. The zero-order valence-electron chi connectivity index (χ0n) is 13.1. The molecule has 0 saturated carbocycles. The number of aromatic nitrogens is 2. The Labute approximate surface area is 131 Å². The fourth-order valence-electron chi connectivity index (χ4n) is 2.50. The van der Waals surface area contributed by atoms with Gasteiger partial charge in [0.25, 0.3) is 0 Å². The van der Waals surface area contributed by atoms with Crippen molar-refractivity contribution in [3.05, 3.63) is 51.8 Å². The number of halogens is 1. The molecule has 0 spiro atoms. The molecule has 0 fully saturated rings.